The summed E-state index contributed by atoms with van der Waals surface area (Å²) in [7, 11) is -3.91. The molecule has 76 valence electrons. The van der Waals surface area contributed by atoms with Crippen molar-refractivity contribution in [1.29, 1.82) is 0 Å². The first-order chi connectivity index (χ1) is 5.72. The number of hydrogen-bond acceptors (Lipinski definition) is 4. The van der Waals surface area contributed by atoms with Gasteiger partial charge in [-0.15, -0.1) is 0 Å². The van der Waals surface area contributed by atoms with Crippen molar-refractivity contribution in [2.24, 2.45) is 5.14 Å². The molecule has 0 bridgehead atoms. The van der Waals surface area contributed by atoms with Gasteiger partial charge in [-0.2, -0.15) is 0 Å². The van der Waals surface area contributed by atoms with E-state index < -0.39 is 33.7 Å². The normalized spacial score (nSPS) is 13.4. The zero-order chi connectivity index (χ0) is 10.6. The molecule has 4 N–H and O–H groups in total. The monoisotopic (exact) mass is 210 g/mol. The van der Waals surface area contributed by atoms with Gasteiger partial charge in [0.2, 0.25) is 15.9 Å². The number of nitrogens with one attached hydrogen (secondary N) is 1. The summed E-state index contributed by atoms with van der Waals surface area (Å²) < 4.78 is 21.0. The number of nitrogens with two attached hydrogens (primary N) is 1. The summed E-state index contributed by atoms with van der Waals surface area (Å²) in [6, 6.07) is -1.49. The molecule has 0 rings (SSSR count). The predicted molar refractivity (Wildman–Crippen MR) is 43.2 cm³/mol. The Morgan fingerprint density at radius 3 is 2.23 bits per heavy atom. The Balaban J connectivity index is 4.45. The fourth-order valence-electron chi connectivity index (χ4n) is 0.652. The molecule has 0 spiro atoms. The Morgan fingerprint density at radius 1 is 1.54 bits per heavy atom. The first kappa shape index (κ1) is 11.8. The van der Waals surface area contributed by atoms with Gasteiger partial charge in [-0.25, -0.2) is 18.4 Å². The summed E-state index contributed by atoms with van der Waals surface area (Å²) in [5.74, 6) is -2.89. The summed E-state index contributed by atoms with van der Waals surface area (Å²) in [5.41, 5.74) is 0. The molecule has 0 fully saturated rings. The number of amides is 1. The van der Waals surface area contributed by atoms with Gasteiger partial charge in [0.25, 0.3) is 0 Å². The van der Waals surface area contributed by atoms with Crippen molar-refractivity contribution < 1.29 is 23.1 Å². The van der Waals surface area contributed by atoms with Gasteiger partial charge in [0.05, 0.1) is 5.75 Å². The molecule has 0 aliphatic carbocycles. The molecule has 1 unspecified atom stereocenters. The SMILES string of the molecule is CC(=O)NC(CS(N)(=O)=O)C(=O)O. The van der Waals surface area contributed by atoms with Crippen LogP contribution in [0.5, 0.6) is 0 Å². The quantitative estimate of drug-likeness (QED) is 0.488. The average Bonchev–Trinajstić information content (AvgIpc) is 1.81. The highest BCUT2D eigenvalue weighted by Gasteiger charge is 2.23. The van der Waals surface area contributed by atoms with E-state index >= 15 is 0 Å². The van der Waals surface area contributed by atoms with Crippen LogP contribution in [-0.4, -0.2) is 37.2 Å². The summed E-state index contributed by atoms with van der Waals surface area (Å²) >= 11 is 0. The number of carbonyl (C=O) groups excluding carboxylic acids is 1. The van der Waals surface area contributed by atoms with E-state index in [1.54, 1.807) is 0 Å². The number of aliphatic carboxylic acids is 1. The third-order valence-corrected chi connectivity index (χ3v) is 1.87. The van der Waals surface area contributed by atoms with Gasteiger partial charge in [0, 0.05) is 6.92 Å². The van der Waals surface area contributed by atoms with Gasteiger partial charge < -0.3 is 10.4 Å². The lowest BCUT2D eigenvalue weighted by Crippen LogP contribution is -2.45. The van der Waals surface area contributed by atoms with Crippen LogP contribution < -0.4 is 10.5 Å². The van der Waals surface area contributed by atoms with Gasteiger partial charge in [-0.1, -0.05) is 0 Å². The molecule has 0 aromatic rings. The molecule has 0 saturated carbocycles. The first-order valence-electron chi connectivity index (χ1n) is 3.23. The summed E-state index contributed by atoms with van der Waals surface area (Å²) in [4.78, 5) is 20.8. The van der Waals surface area contributed by atoms with Crippen molar-refractivity contribution >= 4 is 21.9 Å². The van der Waals surface area contributed by atoms with Gasteiger partial charge in [0.15, 0.2) is 0 Å². The molecule has 1 amide bonds. The Kier molecular flexibility index (Phi) is 3.82. The van der Waals surface area contributed by atoms with Crippen LogP contribution in [0.25, 0.3) is 0 Å². The largest absolute Gasteiger partial charge is 0.480 e. The Bertz CT molecular complexity index is 309. The maximum absolute atomic E-state index is 10.5. The number of rotatable bonds is 4. The maximum atomic E-state index is 10.5. The van der Waals surface area contributed by atoms with Crippen LogP contribution in [0.15, 0.2) is 0 Å². The smallest absolute Gasteiger partial charge is 0.327 e. The molecule has 0 radical (unpaired) electrons. The lowest BCUT2D eigenvalue weighted by molar-refractivity contribution is -0.140. The highest BCUT2D eigenvalue weighted by atomic mass is 32.2. The van der Waals surface area contributed by atoms with Crippen LogP contribution in [-0.2, 0) is 19.6 Å². The topological polar surface area (TPSA) is 127 Å². The third kappa shape index (κ3) is 6.05. The standard InChI is InChI=1S/C5H10N2O5S/c1-3(8)7-4(5(9)10)2-13(6,11)12/h4H,2H2,1H3,(H,7,8)(H,9,10)(H2,6,11,12). The van der Waals surface area contributed by atoms with Crippen molar-refractivity contribution in [3.8, 4) is 0 Å². The minimum atomic E-state index is -3.91. The highest BCUT2D eigenvalue weighted by molar-refractivity contribution is 7.89. The van der Waals surface area contributed by atoms with Crippen molar-refractivity contribution in [1.82, 2.24) is 5.32 Å². The lowest BCUT2D eigenvalue weighted by Gasteiger charge is -2.10. The summed E-state index contributed by atoms with van der Waals surface area (Å²) in [6.45, 7) is 1.08. The van der Waals surface area contributed by atoms with Crippen LogP contribution in [0.1, 0.15) is 6.92 Å². The molecule has 8 heteroatoms. The molecule has 0 aliphatic heterocycles. The fraction of sp³-hybridized carbons (Fsp3) is 0.600. The number of carboxylic acid groups (broad SMARTS) is 1. The molecule has 0 saturated heterocycles. The Labute approximate surface area is 75.0 Å². The van der Waals surface area contributed by atoms with Gasteiger partial charge in [0.1, 0.15) is 6.04 Å². The van der Waals surface area contributed by atoms with Crippen molar-refractivity contribution in [3.05, 3.63) is 0 Å². The maximum Gasteiger partial charge on any atom is 0.327 e. The molecule has 1 atom stereocenters. The second kappa shape index (κ2) is 4.19. The number of carbonyl (C=O) groups is 2. The van der Waals surface area contributed by atoms with E-state index in [1.165, 1.54) is 0 Å². The summed E-state index contributed by atoms with van der Waals surface area (Å²) in [6.07, 6.45) is 0. The first-order valence-corrected chi connectivity index (χ1v) is 4.94. The summed E-state index contributed by atoms with van der Waals surface area (Å²) in [5, 5.41) is 15.0. The number of hydrogen-bond donors (Lipinski definition) is 3. The number of sulfonamides is 1. The van der Waals surface area contributed by atoms with E-state index in [0.29, 0.717) is 0 Å². The molecule has 0 aliphatic rings. The fourth-order valence-corrected chi connectivity index (χ4v) is 1.34. The van der Waals surface area contributed by atoms with Crippen LogP contribution in [0.3, 0.4) is 0 Å². The molecule has 0 aromatic carbocycles. The van der Waals surface area contributed by atoms with Crippen LogP contribution in [0.4, 0.5) is 0 Å². The molecular weight excluding hydrogens is 200 g/mol. The van der Waals surface area contributed by atoms with E-state index in [4.69, 9.17) is 5.11 Å². The zero-order valence-corrected chi connectivity index (χ0v) is 7.67. The third-order valence-electron chi connectivity index (χ3n) is 1.07. The van der Waals surface area contributed by atoms with Gasteiger partial charge in [-0.05, 0) is 0 Å². The van der Waals surface area contributed by atoms with E-state index in [9.17, 15) is 18.0 Å². The highest BCUT2D eigenvalue weighted by Crippen LogP contribution is 1.89. The van der Waals surface area contributed by atoms with E-state index in [0.717, 1.165) is 6.92 Å². The number of carboxylic acids is 1. The second-order valence-electron chi connectivity index (χ2n) is 2.42. The lowest BCUT2D eigenvalue weighted by atomic mass is 10.3. The second-order valence-corrected chi connectivity index (χ2v) is 4.08. The van der Waals surface area contributed by atoms with E-state index in [2.05, 4.69) is 5.14 Å². The molecule has 13 heavy (non-hydrogen) atoms. The molecular formula is C5H10N2O5S. The Morgan fingerprint density at radius 2 is 2.00 bits per heavy atom. The van der Waals surface area contributed by atoms with E-state index in [1.807, 2.05) is 5.32 Å². The van der Waals surface area contributed by atoms with Gasteiger partial charge >= 0.3 is 5.97 Å². The van der Waals surface area contributed by atoms with E-state index in [-0.39, 0.29) is 0 Å². The van der Waals surface area contributed by atoms with Gasteiger partial charge in [-0.3, -0.25) is 4.79 Å². The van der Waals surface area contributed by atoms with Crippen LogP contribution in [0.2, 0.25) is 0 Å². The predicted octanol–water partition coefficient (Wildman–Crippen LogP) is -2.14. The minimum Gasteiger partial charge on any atom is -0.480 e. The van der Waals surface area contributed by atoms with Crippen LogP contribution in [0, 0.1) is 0 Å². The molecule has 0 heterocycles. The zero-order valence-electron chi connectivity index (χ0n) is 6.85. The minimum absolute atomic E-state index is 0.629. The van der Waals surface area contributed by atoms with Crippen LogP contribution >= 0.6 is 0 Å². The van der Waals surface area contributed by atoms with Crippen molar-refractivity contribution in [3.63, 3.8) is 0 Å². The van der Waals surface area contributed by atoms with Crippen molar-refractivity contribution in [2.45, 2.75) is 13.0 Å². The molecule has 7 nitrogen and oxygen atoms in total. The average molecular weight is 210 g/mol. The Hall–Kier alpha value is -1.15. The van der Waals surface area contributed by atoms with Crippen molar-refractivity contribution in [2.75, 3.05) is 5.75 Å². The number of primary sulfonamides is 1. The molecule has 0 aromatic heterocycles.